The minimum atomic E-state index is -4.20. The van der Waals surface area contributed by atoms with E-state index >= 15 is 0 Å². The standard InChI is InChI=1S/C23H25Cl2N3O5S/c1-4-14(2)26-22(30)15(3)27(12-17-18(24)9-7-10-19(17)25)21(29)13-28-23(31)16-8-5-6-11-20(16)34(28,32)33/h5-11,14-15H,4,12-13H2,1-3H3,(H,26,30). The van der Waals surface area contributed by atoms with Crippen LogP contribution in [0.2, 0.25) is 10.0 Å². The minimum absolute atomic E-state index is 0.00133. The summed E-state index contributed by atoms with van der Waals surface area (Å²) in [6.45, 7) is 4.34. The van der Waals surface area contributed by atoms with Crippen molar-refractivity contribution in [2.45, 2.75) is 50.7 Å². The molecule has 3 amide bonds. The maximum atomic E-state index is 13.4. The molecule has 2 atom stereocenters. The lowest BCUT2D eigenvalue weighted by atomic mass is 10.1. The summed E-state index contributed by atoms with van der Waals surface area (Å²) in [6, 6.07) is 9.47. The van der Waals surface area contributed by atoms with Crippen LogP contribution in [0, 0.1) is 0 Å². The van der Waals surface area contributed by atoms with Gasteiger partial charge < -0.3 is 10.2 Å². The fourth-order valence-electron chi connectivity index (χ4n) is 3.50. The van der Waals surface area contributed by atoms with Crippen molar-refractivity contribution in [2.24, 2.45) is 0 Å². The second kappa shape index (κ2) is 10.3. The average Bonchev–Trinajstić information content (AvgIpc) is 2.99. The molecule has 0 saturated heterocycles. The first-order valence-electron chi connectivity index (χ1n) is 10.7. The smallest absolute Gasteiger partial charge is 0.269 e. The van der Waals surface area contributed by atoms with Gasteiger partial charge in [0, 0.05) is 28.2 Å². The zero-order valence-corrected chi connectivity index (χ0v) is 21.2. The highest BCUT2D eigenvalue weighted by atomic mass is 35.5. The van der Waals surface area contributed by atoms with Crippen LogP contribution in [0.5, 0.6) is 0 Å². The van der Waals surface area contributed by atoms with Gasteiger partial charge in [-0.25, -0.2) is 12.7 Å². The van der Waals surface area contributed by atoms with E-state index in [0.29, 0.717) is 16.3 Å². The van der Waals surface area contributed by atoms with Crippen LogP contribution in [0.3, 0.4) is 0 Å². The number of hydrogen-bond acceptors (Lipinski definition) is 5. The molecule has 2 unspecified atom stereocenters. The number of nitrogens with one attached hydrogen (secondary N) is 1. The zero-order chi connectivity index (χ0) is 25.2. The van der Waals surface area contributed by atoms with E-state index in [9.17, 15) is 22.8 Å². The lowest BCUT2D eigenvalue weighted by molar-refractivity contribution is -0.140. The number of carbonyl (C=O) groups is 3. The van der Waals surface area contributed by atoms with Gasteiger partial charge in [-0.1, -0.05) is 48.3 Å². The average molecular weight is 526 g/mol. The second-order valence-electron chi connectivity index (χ2n) is 8.03. The fraction of sp³-hybridized carbons (Fsp3) is 0.348. The van der Waals surface area contributed by atoms with Gasteiger partial charge in [-0.2, -0.15) is 0 Å². The first-order chi connectivity index (χ1) is 16.0. The summed E-state index contributed by atoms with van der Waals surface area (Å²) in [4.78, 5) is 40.1. The van der Waals surface area contributed by atoms with Gasteiger partial charge in [0.05, 0.1) is 5.56 Å². The predicted octanol–water partition coefficient (Wildman–Crippen LogP) is 3.47. The van der Waals surface area contributed by atoms with Crippen LogP contribution in [-0.4, -0.2) is 54.0 Å². The first kappa shape index (κ1) is 26.0. The molecule has 0 fully saturated rings. The molecule has 2 aromatic rings. The van der Waals surface area contributed by atoms with Crippen LogP contribution in [0.25, 0.3) is 0 Å². The molecule has 0 aromatic heterocycles. The topological polar surface area (TPSA) is 104 Å². The number of hydrogen-bond donors (Lipinski definition) is 1. The van der Waals surface area contributed by atoms with E-state index < -0.39 is 40.3 Å². The largest absolute Gasteiger partial charge is 0.352 e. The van der Waals surface area contributed by atoms with Gasteiger partial charge in [-0.15, -0.1) is 0 Å². The number of halogens is 2. The molecular formula is C23H25Cl2N3O5S. The van der Waals surface area contributed by atoms with Gasteiger partial charge in [-0.3, -0.25) is 14.4 Å². The normalized spacial score (nSPS) is 16.0. The molecule has 0 saturated carbocycles. The van der Waals surface area contributed by atoms with Crippen LogP contribution >= 0.6 is 23.2 Å². The third kappa shape index (κ3) is 5.06. The van der Waals surface area contributed by atoms with E-state index in [2.05, 4.69) is 5.32 Å². The van der Waals surface area contributed by atoms with E-state index in [0.717, 1.165) is 0 Å². The second-order valence-corrected chi connectivity index (χ2v) is 10.7. The summed E-state index contributed by atoms with van der Waals surface area (Å²) in [7, 11) is -4.20. The molecule has 0 aliphatic carbocycles. The van der Waals surface area contributed by atoms with E-state index in [4.69, 9.17) is 23.2 Å². The van der Waals surface area contributed by atoms with Crippen molar-refractivity contribution in [1.82, 2.24) is 14.5 Å². The summed E-state index contributed by atoms with van der Waals surface area (Å²) in [6.07, 6.45) is 0.682. The van der Waals surface area contributed by atoms with E-state index in [-0.39, 0.29) is 33.1 Å². The summed E-state index contributed by atoms with van der Waals surface area (Å²) in [5, 5.41) is 3.39. The van der Waals surface area contributed by atoms with Gasteiger partial charge in [0.25, 0.3) is 15.9 Å². The molecular weight excluding hydrogens is 501 g/mol. The van der Waals surface area contributed by atoms with Crippen LogP contribution in [0.15, 0.2) is 47.4 Å². The Morgan fingerprint density at radius 2 is 1.68 bits per heavy atom. The molecule has 11 heteroatoms. The summed E-state index contributed by atoms with van der Waals surface area (Å²) in [5.74, 6) is -1.96. The van der Waals surface area contributed by atoms with Gasteiger partial charge in [0.15, 0.2) is 0 Å². The molecule has 2 aromatic carbocycles. The highest BCUT2D eigenvalue weighted by molar-refractivity contribution is 7.90. The first-order valence-corrected chi connectivity index (χ1v) is 12.9. The maximum absolute atomic E-state index is 13.4. The molecule has 0 bridgehead atoms. The summed E-state index contributed by atoms with van der Waals surface area (Å²) in [5.41, 5.74) is 0.403. The van der Waals surface area contributed by atoms with Crippen LogP contribution < -0.4 is 5.32 Å². The Labute approximate surface area is 208 Å². The van der Waals surface area contributed by atoms with E-state index in [1.807, 2.05) is 13.8 Å². The highest BCUT2D eigenvalue weighted by Gasteiger charge is 2.43. The van der Waals surface area contributed by atoms with Crippen molar-refractivity contribution in [3.8, 4) is 0 Å². The zero-order valence-electron chi connectivity index (χ0n) is 18.9. The van der Waals surface area contributed by atoms with Crippen molar-refractivity contribution in [1.29, 1.82) is 0 Å². The Hall–Kier alpha value is -2.62. The molecule has 0 radical (unpaired) electrons. The van der Waals surface area contributed by atoms with Crippen molar-refractivity contribution >= 4 is 50.9 Å². The molecule has 34 heavy (non-hydrogen) atoms. The molecule has 0 spiro atoms. The lowest BCUT2D eigenvalue weighted by Crippen LogP contribution is -2.52. The third-order valence-electron chi connectivity index (χ3n) is 5.75. The number of fused-ring (bicyclic) bond motifs is 1. The molecule has 1 aliphatic rings. The maximum Gasteiger partial charge on any atom is 0.269 e. The Morgan fingerprint density at radius 1 is 1.06 bits per heavy atom. The van der Waals surface area contributed by atoms with Crippen molar-refractivity contribution in [2.75, 3.05) is 6.54 Å². The van der Waals surface area contributed by atoms with E-state index in [1.54, 1.807) is 24.3 Å². The van der Waals surface area contributed by atoms with Gasteiger partial charge in [-0.05, 0) is 44.5 Å². The van der Waals surface area contributed by atoms with Gasteiger partial charge >= 0.3 is 0 Å². The molecule has 1 heterocycles. The molecule has 182 valence electrons. The number of benzene rings is 2. The van der Waals surface area contributed by atoms with Crippen molar-refractivity contribution < 1.29 is 22.8 Å². The van der Waals surface area contributed by atoms with Gasteiger partial charge in [0.2, 0.25) is 11.8 Å². The van der Waals surface area contributed by atoms with Crippen LogP contribution in [0.1, 0.15) is 43.1 Å². The summed E-state index contributed by atoms with van der Waals surface area (Å²) < 4.78 is 26.4. The Kier molecular flexibility index (Phi) is 7.90. The SMILES string of the molecule is CCC(C)NC(=O)C(C)N(Cc1c(Cl)cccc1Cl)C(=O)CN1C(=O)c2ccccc2S1(=O)=O. The number of amides is 3. The number of rotatable bonds is 8. The van der Waals surface area contributed by atoms with Gasteiger partial charge in [0.1, 0.15) is 17.5 Å². The third-order valence-corrected chi connectivity index (χ3v) is 8.24. The van der Waals surface area contributed by atoms with Crippen molar-refractivity contribution in [3.63, 3.8) is 0 Å². The van der Waals surface area contributed by atoms with Crippen molar-refractivity contribution in [3.05, 3.63) is 63.6 Å². The molecule has 3 rings (SSSR count). The summed E-state index contributed by atoms with van der Waals surface area (Å²) >= 11 is 12.6. The Morgan fingerprint density at radius 3 is 2.26 bits per heavy atom. The van der Waals surface area contributed by atoms with Crippen LogP contribution in [0.4, 0.5) is 0 Å². The highest BCUT2D eigenvalue weighted by Crippen LogP contribution is 2.31. The monoisotopic (exact) mass is 525 g/mol. The Bertz CT molecular complexity index is 1210. The Balaban J connectivity index is 1.93. The quantitative estimate of drug-likeness (QED) is 0.568. The molecule has 8 nitrogen and oxygen atoms in total. The predicted molar refractivity (Wildman–Crippen MR) is 129 cm³/mol. The molecule has 1 aliphatic heterocycles. The number of carbonyl (C=O) groups excluding carboxylic acids is 3. The number of nitrogens with zero attached hydrogens (tertiary/aromatic N) is 2. The number of sulfonamides is 1. The minimum Gasteiger partial charge on any atom is -0.352 e. The van der Waals surface area contributed by atoms with Crippen LogP contribution in [-0.2, 0) is 26.2 Å². The molecule has 1 N–H and O–H groups in total. The fourth-order valence-corrected chi connectivity index (χ4v) is 5.54. The lowest BCUT2D eigenvalue weighted by Gasteiger charge is -2.31. The van der Waals surface area contributed by atoms with E-state index in [1.165, 1.54) is 30.0 Å².